The first-order valence-corrected chi connectivity index (χ1v) is 9.69. The molecule has 0 bridgehead atoms. The molecule has 1 aromatic carbocycles. The lowest BCUT2D eigenvalue weighted by molar-refractivity contribution is -0.143. The predicted octanol–water partition coefficient (Wildman–Crippen LogP) is 5.95. The second kappa shape index (κ2) is 8.33. The molecular formula is C16H16F6O2S2. The van der Waals surface area contributed by atoms with Crippen molar-refractivity contribution < 1.29 is 36.2 Å². The Bertz CT molecular complexity index is 612. The molecule has 26 heavy (non-hydrogen) atoms. The van der Waals surface area contributed by atoms with Gasteiger partial charge < -0.3 is 5.11 Å². The molecule has 0 saturated heterocycles. The fraction of sp³-hybridized carbons (Fsp3) is 0.562. The second-order valence-electron chi connectivity index (χ2n) is 5.93. The van der Waals surface area contributed by atoms with Gasteiger partial charge in [-0.3, -0.25) is 4.79 Å². The maximum atomic E-state index is 13.0. The largest absolute Gasteiger partial charge is 0.481 e. The molecule has 1 N–H and O–H groups in total. The summed E-state index contributed by atoms with van der Waals surface area (Å²) in [6, 6.07) is 1.57. The van der Waals surface area contributed by atoms with Gasteiger partial charge in [-0.1, -0.05) is 12.8 Å². The van der Waals surface area contributed by atoms with Gasteiger partial charge in [-0.25, -0.2) is 0 Å². The summed E-state index contributed by atoms with van der Waals surface area (Å²) in [6.45, 7) is 0. The Morgan fingerprint density at radius 1 is 0.962 bits per heavy atom. The van der Waals surface area contributed by atoms with Crippen LogP contribution < -0.4 is 0 Å². The van der Waals surface area contributed by atoms with E-state index in [1.807, 2.05) is 0 Å². The van der Waals surface area contributed by atoms with E-state index in [4.69, 9.17) is 5.11 Å². The minimum absolute atomic E-state index is 0.0972. The molecule has 2 nitrogen and oxygen atoms in total. The second-order valence-corrected chi connectivity index (χ2v) is 8.47. The van der Waals surface area contributed by atoms with Gasteiger partial charge in [0, 0.05) is 15.4 Å². The number of carboxylic acid groups (broad SMARTS) is 1. The Morgan fingerprint density at radius 2 is 1.46 bits per heavy atom. The first-order valence-electron chi connectivity index (χ1n) is 7.76. The highest BCUT2D eigenvalue weighted by molar-refractivity contribution is 8.04. The zero-order chi connectivity index (χ0) is 19.5. The van der Waals surface area contributed by atoms with Gasteiger partial charge in [-0.2, -0.15) is 26.3 Å². The Hall–Kier alpha value is -1.03. The standard InChI is InChI=1S/C16H16F6O2S2/c17-15(18,19)9-5-10(16(20,21)22)7-11(6-9)26-13-4-2-1-3-12(13)25-8-14(23)24/h5-7,12-13H,1-4,8H2,(H,23,24)/t12-,13-/m1/s1. The molecule has 0 spiro atoms. The van der Waals surface area contributed by atoms with Gasteiger partial charge in [0.2, 0.25) is 0 Å². The number of aliphatic carboxylic acids is 1. The lowest BCUT2D eigenvalue weighted by Crippen LogP contribution is -2.25. The zero-order valence-corrected chi connectivity index (χ0v) is 15.0. The van der Waals surface area contributed by atoms with E-state index in [0.29, 0.717) is 12.8 Å². The molecular weight excluding hydrogens is 402 g/mol. The van der Waals surface area contributed by atoms with E-state index in [0.717, 1.165) is 36.7 Å². The number of benzene rings is 1. The summed E-state index contributed by atoms with van der Waals surface area (Å²) in [5.74, 6) is -1.14. The number of halogens is 6. The van der Waals surface area contributed by atoms with Crippen LogP contribution in [0.1, 0.15) is 36.8 Å². The van der Waals surface area contributed by atoms with Gasteiger partial charge in [-0.15, -0.1) is 23.5 Å². The third kappa shape index (κ3) is 6.00. The van der Waals surface area contributed by atoms with Crippen LogP contribution in [0.5, 0.6) is 0 Å². The van der Waals surface area contributed by atoms with Crippen molar-refractivity contribution in [2.24, 2.45) is 0 Å². The van der Waals surface area contributed by atoms with E-state index >= 15 is 0 Å². The summed E-state index contributed by atoms with van der Waals surface area (Å²) in [6.07, 6.45) is -6.75. The van der Waals surface area contributed by atoms with Gasteiger partial charge in [0.25, 0.3) is 0 Å². The molecule has 1 aliphatic carbocycles. The predicted molar refractivity (Wildman–Crippen MR) is 88.4 cm³/mol. The van der Waals surface area contributed by atoms with Crippen LogP contribution in [0.3, 0.4) is 0 Å². The molecule has 1 aliphatic rings. The van der Waals surface area contributed by atoms with Crippen molar-refractivity contribution in [1.82, 2.24) is 0 Å². The Labute approximate surface area is 154 Å². The molecule has 2 rings (SSSR count). The molecule has 146 valence electrons. The van der Waals surface area contributed by atoms with Crippen LogP contribution in [0.15, 0.2) is 23.1 Å². The number of rotatable bonds is 5. The van der Waals surface area contributed by atoms with Gasteiger partial charge in [0.1, 0.15) is 0 Å². The molecule has 1 saturated carbocycles. The quantitative estimate of drug-likeness (QED) is 0.600. The molecule has 0 amide bonds. The number of hydrogen-bond donors (Lipinski definition) is 1. The number of hydrogen-bond acceptors (Lipinski definition) is 3. The summed E-state index contributed by atoms with van der Waals surface area (Å²) in [4.78, 5) is 10.6. The molecule has 2 atom stereocenters. The number of thioether (sulfide) groups is 2. The fourth-order valence-corrected chi connectivity index (χ4v) is 5.49. The summed E-state index contributed by atoms with van der Waals surface area (Å²) in [5, 5.41) is 8.45. The smallest absolute Gasteiger partial charge is 0.416 e. The highest BCUT2D eigenvalue weighted by Gasteiger charge is 2.37. The number of carboxylic acids is 1. The van der Waals surface area contributed by atoms with Crippen molar-refractivity contribution >= 4 is 29.5 Å². The lowest BCUT2D eigenvalue weighted by Gasteiger charge is -2.30. The van der Waals surface area contributed by atoms with Crippen molar-refractivity contribution in [2.45, 2.75) is 53.4 Å². The zero-order valence-electron chi connectivity index (χ0n) is 13.4. The maximum Gasteiger partial charge on any atom is 0.416 e. The first kappa shape index (κ1) is 21.3. The first-order chi connectivity index (χ1) is 12.0. The van der Waals surface area contributed by atoms with Crippen LogP contribution in [0.25, 0.3) is 0 Å². The molecule has 0 radical (unpaired) electrons. The van der Waals surface area contributed by atoms with Crippen molar-refractivity contribution in [3.63, 3.8) is 0 Å². The molecule has 0 aliphatic heterocycles. The Balaban J connectivity index is 2.27. The topological polar surface area (TPSA) is 37.3 Å². The van der Waals surface area contributed by atoms with E-state index in [1.165, 1.54) is 11.8 Å². The highest BCUT2D eigenvalue weighted by Crippen LogP contribution is 2.43. The summed E-state index contributed by atoms with van der Waals surface area (Å²) in [5.41, 5.74) is -2.67. The van der Waals surface area contributed by atoms with Gasteiger partial charge in [-0.05, 0) is 31.0 Å². The molecule has 1 fully saturated rings. The van der Waals surface area contributed by atoms with Gasteiger partial charge in [0.15, 0.2) is 0 Å². The minimum atomic E-state index is -4.87. The minimum Gasteiger partial charge on any atom is -0.481 e. The van der Waals surface area contributed by atoms with Crippen LogP contribution in [-0.2, 0) is 17.1 Å². The average Bonchev–Trinajstić information content (AvgIpc) is 2.52. The Morgan fingerprint density at radius 3 is 1.92 bits per heavy atom. The molecule has 1 aromatic rings. The van der Waals surface area contributed by atoms with Crippen LogP contribution in [0.4, 0.5) is 26.3 Å². The van der Waals surface area contributed by atoms with Crippen LogP contribution in [-0.4, -0.2) is 27.3 Å². The summed E-state index contributed by atoms with van der Waals surface area (Å²) >= 11 is 2.16. The van der Waals surface area contributed by atoms with Gasteiger partial charge >= 0.3 is 18.3 Å². The van der Waals surface area contributed by atoms with E-state index in [-0.39, 0.29) is 27.2 Å². The maximum absolute atomic E-state index is 13.0. The van der Waals surface area contributed by atoms with E-state index in [9.17, 15) is 31.1 Å². The van der Waals surface area contributed by atoms with Crippen molar-refractivity contribution in [2.75, 3.05) is 5.75 Å². The van der Waals surface area contributed by atoms with E-state index in [2.05, 4.69) is 0 Å². The molecule has 0 unspecified atom stereocenters. The van der Waals surface area contributed by atoms with Crippen molar-refractivity contribution in [1.29, 1.82) is 0 Å². The number of alkyl halides is 6. The molecule has 10 heteroatoms. The Kier molecular flexibility index (Phi) is 6.81. The SMILES string of the molecule is O=C(O)CS[C@@H]1CCCC[C@H]1Sc1cc(C(F)(F)F)cc(C(F)(F)F)c1. The monoisotopic (exact) mass is 418 g/mol. The van der Waals surface area contributed by atoms with Crippen LogP contribution >= 0.6 is 23.5 Å². The van der Waals surface area contributed by atoms with Crippen molar-refractivity contribution in [3.8, 4) is 0 Å². The highest BCUT2D eigenvalue weighted by atomic mass is 32.2. The normalized spacial score (nSPS) is 21.6. The van der Waals surface area contributed by atoms with E-state index < -0.39 is 29.4 Å². The molecule has 0 aromatic heterocycles. The fourth-order valence-electron chi connectivity index (χ4n) is 2.74. The van der Waals surface area contributed by atoms with Crippen LogP contribution in [0, 0.1) is 0 Å². The van der Waals surface area contributed by atoms with E-state index in [1.54, 1.807) is 0 Å². The third-order valence-corrected chi connectivity index (χ3v) is 6.86. The lowest BCUT2D eigenvalue weighted by atomic mass is 10.00. The molecule has 0 heterocycles. The summed E-state index contributed by atoms with van der Waals surface area (Å²) < 4.78 is 77.7. The van der Waals surface area contributed by atoms with Crippen molar-refractivity contribution in [3.05, 3.63) is 29.3 Å². The average molecular weight is 418 g/mol. The third-order valence-electron chi connectivity index (χ3n) is 3.91. The number of carbonyl (C=O) groups is 1. The van der Waals surface area contributed by atoms with Crippen LogP contribution in [0.2, 0.25) is 0 Å². The van der Waals surface area contributed by atoms with Gasteiger partial charge in [0.05, 0.1) is 16.9 Å². The summed E-state index contributed by atoms with van der Waals surface area (Å²) in [7, 11) is 0.